The van der Waals surface area contributed by atoms with Gasteiger partial charge in [0, 0.05) is 26.6 Å². The van der Waals surface area contributed by atoms with E-state index in [1.165, 1.54) is 17.7 Å². The van der Waals surface area contributed by atoms with Crippen molar-refractivity contribution in [1.29, 1.82) is 0 Å². The molecule has 0 unspecified atom stereocenters. The minimum Gasteiger partial charge on any atom is -0.404 e. The molecule has 0 radical (unpaired) electrons. The molecule has 0 fully saturated rings. The van der Waals surface area contributed by atoms with Gasteiger partial charge in [0.05, 0.1) is 0 Å². The molecule has 0 aliphatic rings. The molecule has 0 N–H and O–H groups in total. The summed E-state index contributed by atoms with van der Waals surface area (Å²) in [4.78, 5) is 12.8. The molecular formula is C13H21N2O2+. The Bertz CT molecular complexity index is 364. The van der Waals surface area contributed by atoms with Crippen LogP contribution in [0.3, 0.4) is 0 Å². The van der Waals surface area contributed by atoms with Crippen molar-refractivity contribution < 1.29 is 14.1 Å². The van der Waals surface area contributed by atoms with Crippen LogP contribution < -0.4 is 9.30 Å². The number of unbranched alkanes of at least 4 members (excludes halogenated alkanes) is 2. The molecule has 0 bridgehead atoms. The Hall–Kier alpha value is -1.58. The summed E-state index contributed by atoms with van der Waals surface area (Å²) >= 11 is 0. The fourth-order valence-corrected chi connectivity index (χ4v) is 1.43. The number of hydrogen-bond donors (Lipinski definition) is 0. The minimum absolute atomic E-state index is 0.351. The molecule has 0 aliphatic carbocycles. The lowest BCUT2D eigenvalue weighted by molar-refractivity contribution is -0.697. The van der Waals surface area contributed by atoms with Crippen LogP contribution in [0.15, 0.2) is 24.5 Å². The standard InChI is InChI=1S/C13H21N2O2/c1-4-5-6-9-15-10-7-8-12(11-15)17-13(16)14(2)3/h7-8,10-11H,4-6,9H2,1-3H3/q+1. The lowest BCUT2D eigenvalue weighted by atomic mass is 10.2. The monoisotopic (exact) mass is 237 g/mol. The van der Waals surface area contributed by atoms with Crippen molar-refractivity contribution in [3.63, 3.8) is 0 Å². The van der Waals surface area contributed by atoms with Crippen LogP contribution in [-0.4, -0.2) is 25.1 Å². The van der Waals surface area contributed by atoms with Crippen molar-refractivity contribution in [1.82, 2.24) is 4.90 Å². The van der Waals surface area contributed by atoms with Gasteiger partial charge in [-0.1, -0.05) is 13.3 Å². The molecule has 94 valence electrons. The van der Waals surface area contributed by atoms with Gasteiger partial charge in [0.25, 0.3) is 0 Å². The number of pyridine rings is 1. The van der Waals surface area contributed by atoms with E-state index in [-0.39, 0.29) is 6.09 Å². The third-order valence-electron chi connectivity index (χ3n) is 2.42. The summed E-state index contributed by atoms with van der Waals surface area (Å²) in [5, 5.41) is 0. The lowest BCUT2D eigenvalue weighted by Gasteiger charge is -2.09. The van der Waals surface area contributed by atoms with Crippen molar-refractivity contribution in [2.75, 3.05) is 14.1 Å². The van der Waals surface area contributed by atoms with E-state index in [1.54, 1.807) is 20.2 Å². The second-order valence-corrected chi connectivity index (χ2v) is 4.25. The number of aryl methyl sites for hydroxylation is 1. The van der Waals surface area contributed by atoms with Gasteiger partial charge in [-0.2, -0.15) is 0 Å². The van der Waals surface area contributed by atoms with Gasteiger partial charge in [0.2, 0.25) is 6.20 Å². The normalized spacial score (nSPS) is 10.1. The zero-order valence-corrected chi connectivity index (χ0v) is 10.8. The highest BCUT2D eigenvalue weighted by atomic mass is 16.6. The maximum atomic E-state index is 11.4. The lowest BCUT2D eigenvalue weighted by Crippen LogP contribution is -2.33. The highest BCUT2D eigenvalue weighted by molar-refractivity contribution is 5.69. The molecule has 4 nitrogen and oxygen atoms in total. The van der Waals surface area contributed by atoms with E-state index in [9.17, 15) is 4.79 Å². The van der Waals surface area contributed by atoms with Crippen LogP contribution in [0.2, 0.25) is 0 Å². The first-order chi connectivity index (χ1) is 8.13. The molecule has 1 amide bonds. The number of aromatic nitrogens is 1. The number of ether oxygens (including phenoxy) is 1. The molecule has 0 aliphatic heterocycles. The molecule has 17 heavy (non-hydrogen) atoms. The van der Waals surface area contributed by atoms with E-state index in [4.69, 9.17) is 4.74 Å². The molecule has 4 heteroatoms. The Labute approximate surface area is 103 Å². The fourth-order valence-electron chi connectivity index (χ4n) is 1.43. The summed E-state index contributed by atoms with van der Waals surface area (Å²) in [6.07, 6.45) is 7.06. The highest BCUT2D eigenvalue weighted by Crippen LogP contribution is 2.07. The molecule has 0 saturated heterocycles. The Morgan fingerprint density at radius 2 is 2.18 bits per heavy atom. The van der Waals surface area contributed by atoms with Crippen molar-refractivity contribution in [3.05, 3.63) is 24.5 Å². The summed E-state index contributed by atoms with van der Waals surface area (Å²) in [5.41, 5.74) is 0. The van der Waals surface area contributed by atoms with Gasteiger partial charge >= 0.3 is 6.09 Å². The van der Waals surface area contributed by atoms with E-state index in [0.717, 1.165) is 13.0 Å². The second-order valence-electron chi connectivity index (χ2n) is 4.25. The number of amides is 1. The van der Waals surface area contributed by atoms with Crippen LogP contribution in [0.25, 0.3) is 0 Å². The Kier molecular flexibility index (Phi) is 5.46. The van der Waals surface area contributed by atoms with Gasteiger partial charge < -0.3 is 9.64 Å². The molecule has 0 spiro atoms. The van der Waals surface area contributed by atoms with Crippen LogP contribution in [0.5, 0.6) is 5.75 Å². The molecule has 1 heterocycles. The first-order valence-electron chi connectivity index (χ1n) is 6.01. The molecule has 0 saturated carbocycles. The summed E-state index contributed by atoms with van der Waals surface area (Å²) in [7, 11) is 3.33. The highest BCUT2D eigenvalue weighted by Gasteiger charge is 2.09. The number of rotatable bonds is 5. The maximum absolute atomic E-state index is 11.4. The smallest absolute Gasteiger partial charge is 0.404 e. The SMILES string of the molecule is CCCCC[n+]1cccc(OC(=O)N(C)C)c1. The quantitative estimate of drug-likeness (QED) is 0.581. The van der Waals surface area contributed by atoms with E-state index in [2.05, 4.69) is 6.92 Å². The van der Waals surface area contributed by atoms with Crippen LogP contribution in [-0.2, 0) is 6.54 Å². The third-order valence-corrected chi connectivity index (χ3v) is 2.42. The number of hydrogen-bond acceptors (Lipinski definition) is 2. The Morgan fingerprint density at radius 1 is 1.41 bits per heavy atom. The third kappa shape index (κ3) is 4.85. The molecule has 0 atom stereocenters. The topological polar surface area (TPSA) is 33.4 Å². The number of nitrogens with zero attached hydrogens (tertiary/aromatic N) is 2. The largest absolute Gasteiger partial charge is 0.414 e. The minimum atomic E-state index is -0.351. The van der Waals surface area contributed by atoms with Crippen LogP contribution >= 0.6 is 0 Å². The van der Waals surface area contributed by atoms with E-state index < -0.39 is 0 Å². The fraction of sp³-hybridized carbons (Fsp3) is 0.538. The first-order valence-corrected chi connectivity index (χ1v) is 6.01. The summed E-state index contributed by atoms with van der Waals surface area (Å²) in [6.45, 7) is 3.14. The first kappa shape index (κ1) is 13.5. The van der Waals surface area contributed by atoms with Crippen molar-refractivity contribution >= 4 is 6.09 Å². The average molecular weight is 237 g/mol. The van der Waals surface area contributed by atoms with Crippen molar-refractivity contribution in [2.24, 2.45) is 0 Å². The molecule has 1 rings (SSSR count). The Morgan fingerprint density at radius 3 is 2.82 bits per heavy atom. The van der Waals surface area contributed by atoms with Gasteiger partial charge in [-0.05, 0) is 12.5 Å². The van der Waals surface area contributed by atoms with Gasteiger partial charge in [-0.3, -0.25) is 0 Å². The zero-order chi connectivity index (χ0) is 12.7. The van der Waals surface area contributed by atoms with Crippen molar-refractivity contribution in [3.8, 4) is 5.75 Å². The summed E-state index contributed by atoms with van der Waals surface area (Å²) in [6, 6.07) is 3.68. The summed E-state index contributed by atoms with van der Waals surface area (Å²) in [5.74, 6) is 0.586. The van der Waals surface area contributed by atoms with Crippen LogP contribution in [0.4, 0.5) is 4.79 Å². The maximum Gasteiger partial charge on any atom is 0.414 e. The van der Waals surface area contributed by atoms with Gasteiger partial charge in [0.1, 0.15) is 6.54 Å². The van der Waals surface area contributed by atoms with Gasteiger partial charge in [0.15, 0.2) is 11.9 Å². The predicted octanol–water partition coefficient (Wildman–Crippen LogP) is 2.22. The molecule has 1 aromatic heterocycles. The Balaban J connectivity index is 2.56. The van der Waals surface area contributed by atoms with E-state index in [0.29, 0.717) is 5.75 Å². The van der Waals surface area contributed by atoms with Gasteiger partial charge in [-0.15, -0.1) is 0 Å². The second kappa shape index (κ2) is 6.89. The number of carbonyl (C=O) groups excluding carboxylic acids is 1. The molecule has 0 aromatic carbocycles. The zero-order valence-electron chi connectivity index (χ0n) is 10.8. The van der Waals surface area contributed by atoms with Crippen LogP contribution in [0.1, 0.15) is 26.2 Å². The molecular weight excluding hydrogens is 216 g/mol. The van der Waals surface area contributed by atoms with E-state index >= 15 is 0 Å². The van der Waals surface area contributed by atoms with Gasteiger partial charge in [-0.25, -0.2) is 9.36 Å². The van der Waals surface area contributed by atoms with E-state index in [1.807, 2.05) is 23.0 Å². The summed E-state index contributed by atoms with van der Waals surface area (Å²) < 4.78 is 7.24. The predicted molar refractivity (Wildman–Crippen MR) is 65.9 cm³/mol. The van der Waals surface area contributed by atoms with Crippen LogP contribution in [0, 0.1) is 0 Å². The molecule has 1 aromatic rings. The number of carbonyl (C=O) groups is 1. The van der Waals surface area contributed by atoms with Crippen molar-refractivity contribution in [2.45, 2.75) is 32.7 Å². The average Bonchev–Trinajstić information content (AvgIpc) is 2.30.